The third-order valence-electron chi connectivity index (χ3n) is 5.87. The number of carbonyl (C=O) groups is 2. The van der Waals surface area contributed by atoms with E-state index in [-0.39, 0.29) is 18.8 Å². The molecule has 10 nitrogen and oxygen atoms in total. The summed E-state index contributed by atoms with van der Waals surface area (Å²) in [5.41, 5.74) is -0.482. The zero-order valence-corrected chi connectivity index (χ0v) is 18.1. The van der Waals surface area contributed by atoms with Crippen LogP contribution in [0, 0.1) is 17.3 Å². The van der Waals surface area contributed by atoms with Crippen molar-refractivity contribution in [3.8, 4) is 0 Å². The Labute approximate surface area is 176 Å². The first-order valence-electron chi connectivity index (χ1n) is 10.1. The quantitative estimate of drug-likeness (QED) is 0.415. The number of rotatable bonds is 7. The number of ether oxygens (including phenoxy) is 4. The summed E-state index contributed by atoms with van der Waals surface area (Å²) in [5.74, 6) is -2.54. The second-order valence-electron chi connectivity index (χ2n) is 9.10. The van der Waals surface area contributed by atoms with Crippen LogP contribution in [0.25, 0.3) is 0 Å². The van der Waals surface area contributed by atoms with Gasteiger partial charge in [-0.05, 0) is 12.3 Å². The maximum atomic E-state index is 12.5. The largest absolute Gasteiger partial charge is 0.479 e. The second-order valence-corrected chi connectivity index (χ2v) is 9.10. The van der Waals surface area contributed by atoms with Gasteiger partial charge in [0.1, 0.15) is 24.1 Å². The number of aliphatic hydroxyl groups excluding tert-OH is 3. The molecule has 0 aromatic rings. The van der Waals surface area contributed by atoms with Crippen LogP contribution in [0.4, 0.5) is 0 Å². The molecule has 30 heavy (non-hydrogen) atoms. The van der Waals surface area contributed by atoms with Gasteiger partial charge in [0.05, 0.1) is 25.4 Å². The molecule has 2 aliphatic heterocycles. The highest BCUT2D eigenvalue weighted by Gasteiger charge is 2.51. The van der Waals surface area contributed by atoms with E-state index in [2.05, 4.69) is 0 Å². The maximum Gasteiger partial charge on any atom is 0.335 e. The number of ketones is 1. The van der Waals surface area contributed by atoms with Crippen molar-refractivity contribution in [2.75, 3.05) is 20.3 Å². The number of hydrogen-bond donors (Lipinski definition) is 4. The number of Topliss-reactive ketones (excluding diaryl/α,β-unsaturated/α-hetero) is 1. The summed E-state index contributed by atoms with van der Waals surface area (Å²) in [4.78, 5) is 24.0. The van der Waals surface area contributed by atoms with Crippen molar-refractivity contribution < 1.29 is 49.0 Å². The lowest BCUT2D eigenvalue weighted by molar-refractivity contribution is -0.312. The van der Waals surface area contributed by atoms with E-state index in [1.807, 2.05) is 20.8 Å². The zero-order chi connectivity index (χ0) is 22.8. The molecule has 2 fully saturated rings. The third kappa shape index (κ3) is 5.37. The zero-order valence-electron chi connectivity index (χ0n) is 18.1. The van der Waals surface area contributed by atoms with Gasteiger partial charge in [-0.15, -0.1) is 0 Å². The van der Waals surface area contributed by atoms with E-state index in [9.17, 15) is 30.0 Å². The Bertz CT molecular complexity index is 603. The van der Waals surface area contributed by atoms with Crippen molar-refractivity contribution in [3.63, 3.8) is 0 Å². The minimum atomic E-state index is -1.36. The predicted molar refractivity (Wildman–Crippen MR) is 103 cm³/mol. The van der Waals surface area contributed by atoms with Crippen molar-refractivity contribution in [2.24, 2.45) is 17.3 Å². The summed E-state index contributed by atoms with van der Waals surface area (Å²) in [6.07, 6.45) is -8.11. The molecule has 0 aromatic heterocycles. The highest BCUT2D eigenvalue weighted by molar-refractivity contribution is 5.79. The Kier molecular flexibility index (Phi) is 8.36. The number of hydrogen-bond acceptors (Lipinski definition) is 9. The van der Waals surface area contributed by atoms with Crippen LogP contribution in [0.15, 0.2) is 0 Å². The van der Waals surface area contributed by atoms with Gasteiger partial charge in [0.25, 0.3) is 0 Å². The number of carboxylic acids is 1. The first kappa shape index (κ1) is 25.1. The molecule has 2 heterocycles. The van der Waals surface area contributed by atoms with E-state index in [1.165, 1.54) is 14.0 Å². The standard InChI is InChI=1S/C20H34O10/c1-9(22)14(20(2,3)4)10-8-28-13(7-21)15(24)16(10)29-19-11(23)6-12(27-5)17(30-19)18(25)26/h10-17,19,21,23-24H,6-8H2,1-5H3,(H,25,26)/t10-,11-,12-,13?,14+,15?,16?,17?,19?/m0/s1. The lowest BCUT2D eigenvalue weighted by atomic mass is 9.68. The lowest BCUT2D eigenvalue weighted by Crippen LogP contribution is -2.60. The molecule has 4 N–H and O–H groups in total. The summed E-state index contributed by atoms with van der Waals surface area (Å²) in [6, 6.07) is 0. The van der Waals surface area contributed by atoms with Crippen LogP contribution >= 0.6 is 0 Å². The number of methoxy groups -OCH3 is 1. The lowest BCUT2D eigenvalue weighted by Gasteiger charge is -2.47. The van der Waals surface area contributed by atoms with Crippen LogP contribution in [-0.4, -0.2) is 95.4 Å². The minimum absolute atomic E-state index is 0.0407. The number of carboxylic acid groups (broad SMARTS) is 1. The molecule has 2 rings (SSSR count). The van der Waals surface area contributed by atoms with Crippen molar-refractivity contribution in [3.05, 3.63) is 0 Å². The second kappa shape index (κ2) is 9.99. The molecule has 0 saturated carbocycles. The Balaban J connectivity index is 2.32. The Morgan fingerprint density at radius 2 is 1.87 bits per heavy atom. The van der Waals surface area contributed by atoms with Gasteiger partial charge in [-0.25, -0.2) is 4.79 Å². The van der Waals surface area contributed by atoms with Crippen LogP contribution in [0.1, 0.15) is 34.1 Å². The SMILES string of the molecule is CO[C@H]1C[C@H](O)C(OC2C(O)C(CO)OC[C@H]2[C@@H](C(C)=O)C(C)(C)C)OC1C(=O)O. The van der Waals surface area contributed by atoms with Gasteiger partial charge in [0.2, 0.25) is 0 Å². The fraction of sp³-hybridized carbons (Fsp3) is 0.900. The molecule has 174 valence electrons. The van der Waals surface area contributed by atoms with E-state index >= 15 is 0 Å². The van der Waals surface area contributed by atoms with E-state index in [1.54, 1.807) is 0 Å². The van der Waals surface area contributed by atoms with Crippen molar-refractivity contribution >= 4 is 11.8 Å². The van der Waals surface area contributed by atoms with Gasteiger partial charge >= 0.3 is 5.97 Å². The third-order valence-corrected chi connectivity index (χ3v) is 5.87. The van der Waals surface area contributed by atoms with Gasteiger partial charge in [-0.2, -0.15) is 0 Å². The highest BCUT2D eigenvalue weighted by Crippen LogP contribution is 2.40. The first-order valence-corrected chi connectivity index (χ1v) is 10.1. The average molecular weight is 434 g/mol. The smallest absolute Gasteiger partial charge is 0.335 e. The Morgan fingerprint density at radius 3 is 2.33 bits per heavy atom. The van der Waals surface area contributed by atoms with Crippen LogP contribution in [0.3, 0.4) is 0 Å². The van der Waals surface area contributed by atoms with Crippen LogP contribution in [0.5, 0.6) is 0 Å². The molecule has 9 atom stereocenters. The molecule has 0 bridgehead atoms. The van der Waals surface area contributed by atoms with Crippen LogP contribution in [0.2, 0.25) is 0 Å². The molecule has 2 aliphatic rings. The van der Waals surface area contributed by atoms with Crippen molar-refractivity contribution in [1.82, 2.24) is 0 Å². The van der Waals surface area contributed by atoms with E-state index in [0.29, 0.717) is 0 Å². The topological polar surface area (TPSA) is 152 Å². The first-order chi connectivity index (χ1) is 13.9. The molecule has 0 aromatic carbocycles. The van der Waals surface area contributed by atoms with Crippen molar-refractivity contribution in [2.45, 2.75) is 77.0 Å². The summed E-state index contributed by atoms with van der Waals surface area (Å²) < 4.78 is 22.0. The normalized spacial score (nSPS) is 38.8. The monoisotopic (exact) mass is 434 g/mol. The summed E-state index contributed by atoms with van der Waals surface area (Å²) in [7, 11) is 1.32. The maximum absolute atomic E-state index is 12.5. The molecule has 5 unspecified atom stereocenters. The predicted octanol–water partition coefficient (Wildman–Crippen LogP) is -0.433. The van der Waals surface area contributed by atoms with Gasteiger partial charge in [0, 0.05) is 25.4 Å². The van der Waals surface area contributed by atoms with E-state index in [0.717, 1.165) is 0 Å². The average Bonchev–Trinajstić information content (AvgIpc) is 2.63. The minimum Gasteiger partial charge on any atom is -0.479 e. The van der Waals surface area contributed by atoms with Crippen LogP contribution < -0.4 is 0 Å². The number of carbonyl (C=O) groups excluding carboxylic acids is 1. The summed E-state index contributed by atoms with van der Waals surface area (Å²) in [5, 5.41) is 40.2. The Hall–Kier alpha value is -1.14. The Morgan fingerprint density at radius 1 is 1.23 bits per heavy atom. The fourth-order valence-electron chi connectivity index (χ4n) is 4.58. The molecule has 2 saturated heterocycles. The van der Waals surface area contributed by atoms with Crippen molar-refractivity contribution in [1.29, 1.82) is 0 Å². The van der Waals surface area contributed by atoms with Gasteiger partial charge in [0.15, 0.2) is 12.4 Å². The summed E-state index contributed by atoms with van der Waals surface area (Å²) in [6.45, 7) is 6.68. The molecule has 0 radical (unpaired) electrons. The van der Waals surface area contributed by atoms with Gasteiger partial charge in [-0.3, -0.25) is 4.79 Å². The van der Waals surface area contributed by atoms with Crippen LogP contribution in [-0.2, 0) is 28.5 Å². The van der Waals surface area contributed by atoms with Gasteiger partial charge < -0.3 is 39.4 Å². The molecular formula is C20H34O10. The number of aliphatic hydroxyl groups is 3. The molecule has 10 heteroatoms. The van der Waals surface area contributed by atoms with E-state index < -0.39 is 72.7 Å². The number of aliphatic carboxylic acids is 1. The van der Waals surface area contributed by atoms with Gasteiger partial charge in [-0.1, -0.05) is 20.8 Å². The van der Waals surface area contributed by atoms with E-state index in [4.69, 9.17) is 18.9 Å². The summed E-state index contributed by atoms with van der Waals surface area (Å²) >= 11 is 0. The highest BCUT2D eigenvalue weighted by atomic mass is 16.7. The molecule has 0 aliphatic carbocycles. The molecule has 0 amide bonds. The molecular weight excluding hydrogens is 400 g/mol. The fourth-order valence-corrected chi connectivity index (χ4v) is 4.58. The molecule has 0 spiro atoms.